The third kappa shape index (κ3) is 6.41. The molecule has 2 unspecified atom stereocenters. The zero-order valence-electron chi connectivity index (χ0n) is 13.7. The Morgan fingerprint density at radius 3 is 2.55 bits per heavy atom. The van der Waals surface area contributed by atoms with Crippen LogP contribution in [0, 0.1) is 5.92 Å². The summed E-state index contributed by atoms with van der Waals surface area (Å²) in [6, 6.07) is 0.539. The number of nitrogens with one attached hydrogen (secondary N) is 1. The van der Waals surface area contributed by atoms with Gasteiger partial charge >= 0.3 is 0 Å². The first-order valence-corrected chi connectivity index (χ1v) is 8.70. The Hall–Kier alpha value is -0.340. The molecule has 1 saturated carbocycles. The van der Waals surface area contributed by atoms with E-state index in [0.717, 1.165) is 18.9 Å². The van der Waals surface area contributed by atoms with Gasteiger partial charge < -0.3 is 10.1 Å². The van der Waals surface area contributed by atoms with Gasteiger partial charge in [-0.25, -0.2) is 0 Å². The lowest BCUT2D eigenvalue weighted by molar-refractivity contribution is 0.00590. The van der Waals surface area contributed by atoms with E-state index in [0.29, 0.717) is 12.1 Å². The fraction of sp³-hybridized carbons (Fsp3) is 0.889. The van der Waals surface area contributed by atoms with Crippen LogP contribution in [0.15, 0.2) is 12.7 Å². The highest BCUT2D eigenvalue weighted by molar-refractivity contribution is 4.84. The summed E-state index contributed by atoms with van der Waals surface area (Å²) >= 11 is 0. The average Bonchev–Trinajstić information content (AvgIpc) is 2.49. The minimum atomic E-state index is 0.412. The number of allylic oxidation sites excluding steroid dienone is 1. The number of hydrogen-bond acceptors (Lipinski definition) is 2. The molecule has 0 heterocycles. The van der Waals surface area contributed by atoms with Gasteiger partial charge in [-0.2, -0.15) is 0 Å². The first-order valence-electron chi connectivity index (χ1n) is 8.70. The van der Waals surface area contributed by atoms with Crippen LogP contribution in [0.1, 0.15) is 71.1 Å². The second-order valence-corrected chi connectivity index (χ2v) is 6.19. The van der Waals surface area contributed by atoms with Gasteiger partial charge in [0.25, 0.3) is 0 Å². The van der Waals surface area contributed by atoms with Gasteiger partial charge in [-0.3, -0.25) is 0 Å². The maximum absolute atomic E-state index is 5.90. The SMILES string of the molecule is C=CCCCCCC(NCC)C(OC)C1CCCCC1. The van der Waals surface area contributed by atoms with Crippen molar-refractivity contribution in [3.63, 3.8) is 0 Å². The van der Waals surface area contributed by atoms with Gasteiger partial charge in [-0.15, -0.1) is 6.58 Å². The molecule has 2 heteroatoms. The van der Waals surface area contributed by atoms with Crippen LogP contribution in [0.3, 0.4) is 0 Å². The van der Waals surface area contributed by atoms with E-state index < -0.39 is 0 Å². The summed E-state index contributed by atoms with van der Waals surface area (Å²) in [5, 5.41) is 3.68. The van der Waals surface area contributed by atoms with Crippen LogP contribution in [-0.4, -0.2) is 25.8 Å². The molecular weight excluding hydrogens is 246 g/mol. The van der Waals surface area contributed by atoms with E-state index in [1.165, 1.54) is 57.8 Å². The van der Waals surface area contributed by atoms with E-state index >= 15 is 0 Å². The van der Waals surface area contributed by atoms with Crippen LogP contribution in [0.2, 0.25) is 0 Å². The summed E-state index contributed by atoms with van der Waals surface area (Å²) in [6.07, 6.45) is 15.7. The summed E-state index contributed by atoms with van der Waals surface area (Å²) in [6.45, 7) is 7.05. The van der Waals surface area contributed by atoms with Crippen molar-refractivity contribution in [3.8, 4) is 0 Å². The van der Waals surface area contributed by atoms with Crippen molar-refractivity contribution < 1.29 is 4.74 Å². The smallest absolute Gasteiger partial charge is 0.0752 e. The van der Waals surface area contributed by atoms with Gasteiger partial charge in [0, 0.05) is 13.2 Å². The number of unbranched alkanes of at least 4 members (excludes halogenated alkanes) is 3. The standard InChI is InChI=1S/C18H35NO/c1-4-6-7-8-12-15-17(19-5-2)18(20-3)16-13-10-9-11-14-16/h4,16-19H,1,5-15H2,2-3H3. The van der Waals surface area contributed by atoms with Gasteiger partial charge in [-0.05, 0) is 44.6 Å². The molecule has 1 aliphatic rings. The second kappa shape index (κ2) is 11.3. The van der Waals surface area contributed by atoms with Crippen LogP contribution < -0.4 is 5.32 Å². The molecule has 1 aliphatic carbocycles. The van der Waals surface area contributed by atoms with E-state index in [1.54, 1.807) is 0 Å². The lowest BCUT2D eigenvalue weighted by Crippen LogP contribution is -2.45. The zero-order valence-corrected chi connectivity index (χ0v) is 13.7. The van der Waals surface area contributed by atoms with Crippen molar-refractivity contribution in [1.29, 1.82) is 0 Å². The van der Waals surface area contributed by atoms with Gasteiger partial charge in [0.2, 0.25) is 0 Å². The van der Waals surface area contributed by atoms with Crippen molar-refractivity contribution in [1.82, 2.24) is 5.32 Å². The van der Waals surface area contributed by atoms with Crippen LogP contribution in [-0.2, 0) is 4.74 Å². The molecule has 1 fully saturated rings. The molecule has 20 heavy (non-hydrogen) atoms. The fourth-order valence-electron chi connectivity index (χ4n) is 3.62. The number of hydrogen-bond donors (Lipinski definition) is 1. The Labute approximate surface area is 126 Å². The Bertz CT molecular complexity index is 236. The van der Waals surface area contributed by atoms with Crippen LogP contribution >= 0.6 is 0 Å². The molecule has 1 N–H and O–H groups in total. The third-order valence-electron chi connectivity index (χ3n) is 4.67. The first kappa shape index (κ1) is 17.7. The van der Waals surface area contributed by atoms with E-state index in [1.807, 2.05) is 13.2 Å². The minimum absolute atomic E-state index is 0.412. The van der Waals surface area contributed by atoms with Gasteiger partial charge in [-0.1, -0.05) is 45.1 Å². The molecule has 0 aromatic rings. The van der Waals surface area contributed by atoms with Crippen molar-refractivity contribution in [2.75, 3.05) is 13.7 Å². The molecule has 0 saturated heterocycles. The maximum atomic E-state index is 5.90. The maximum Gasteiger partial charge on any atom is 0.0752 e. The molecule has 2 nitrogen and oxygen atoms in total. The zero-order chi connectivity index (χ0) is 14.6. The topological polar surface area (TPSA) is 21.3 Å². The molecule has 0 aromatic carbocycles. The van der Waals surface area contributed by atoms with Gasteiger partial charge in [0.1, 0.15) is 0 Å². The summed E-state index contributed by atoms with van der Waals surface area (Å²) in [7, 11) is 1.90. The number of ether oxygens (including phenoxy) is 1. The van der Waals surface area contributed by atoms with E-state index in [2.05, 4.69) is 18.8 Å². The normalized spacial score (nSPS) is 19.7. The lowest BCUT2D eigenvalue weighted by Gasteiger charge is -2.35. The van der Waals surface area contributed by atoms with Crippen LogP contribution in [0.5, 0.6) is 0 Å². The number of rotatable bonds is 11. The van der Waals surface area contributed by atoms with Gasteiger partial charge in [0.15, 0.2) is 0 Å². The van der Waals surface area contributed by atoms with E-state index in [4.69, 9.17) is 4.74 Å². The summed E-state index contributed by atoms with van der Waals surface area (Å²) in [5.41, 5.74) is 0. The highest BCUT2D eigenvalue weighted by Crippen LogP contribution is 2.30. The second-order valence-electron chi connectivity index (χ2n) is 6.19. The number of methoxy groups -OCH3 is 1. The third-order valence-corrected chi connectivity index (χ3v) is 4.67. The van der Waals surface area contributed by atoms with Crippen molar-refractivity contribution in [2.45, 2.75) is 83.3 Å². The predicted octanol–water partition coefficient (Wildman–Crippen LogP) is 4.70. The predicted molar refractivity (Wildman–Crippen MR) is 88.1 cm³/mol. The average molecular weight is 281 g/mol. The molecule has 0 spiro atoms. The Kier molecular flexibility index (Phi) is 10.0. The first-order chi connectivity index (χ1) is 9.83. The van der Waals surface area contributed by atoms with Crippen molar-refractivity contribution in [2.24, 2.45) is 5.92 Å². The fourth-order valence-corrected chi connectivity index (χ4v) is 3.62. The summed E-state index contributed by atoms with van der Waals surface area (Å²) < 4.78 is 5.90. The lowest BCUT2D eigenvalue weighted by atomic mass is 9.81. The molecule has 0 amide bonds. The molecule has 0 bridgehead atoms. The quantitative estimate of drug-likeness (QED) is 0.438. The van der Waals surface area contributed by atoms with Crippen molar-refractivity contribution >= 4 is 0 Å². The molecule has 1 rings (SSSR count). The summed E-state index contributed by atoms with van der Waals surface area (Å²) in [5.74, 6) is 0.769. The Morgan fingerprint density at radius 1 is 1.20 bits per heavy atom. The highest BCUT2D eigenvalue weighted by Gasteiger charge is 2.29. The van der Waals surface area contributed by atoms with E-state index in [9.17, 15) is 0 Å². The molecule has 2 atom stereocenters. The molecule has 0 aromatic heterocycles. The summed E-state index contributed by atoms with van der Waals surface area (Å²) in [4.78, 5) is 0. The van der Waals surface area contributed by atoms with Gasteiger partial charge in [0.05, 0.1) is 6.10 Å². The Morgan fingerprint density at radius 2 is 1.95 bits per heavy atom. The molecule has 0 aliphatic heterocycles. The van der Waals surface area contributed by atoms with E-state index in [-0.39, 0.29) is 0 Å². The van der Waals surface area contributed by atoms with Crippen LogP contribution in [0.4, 0.5) is 0 Å². The van der Waals surface area contributed by atoms with Crippen molar-refractivity contribution in [3.05, 3.63) is 12.7 Å². The largest absolute Gasteiger partial charge is 0.380 e. The van der Waals surface area contributed by atoms with Crippen LogP contribution in [0.25, 0.3) is 0 Å². The molecular formula is C18H35NO. The highest BCUT2D eigenvalue weighted by atomic mass is 16.5. The molecule has 118 valence electrons. The molecule has 0 radical (unpaired) electrons. The Balaban J connectivity index is 2.41. The number of likely N-dealkylation sites (N-methyl/N-ethyl adjacent to an activating group) is 1. The monoisotopic (exact) mass is 281 g/mol. The minimum Gasteiger partial charge on any atom is -0.380 e.